The summed E-state index contributed by atoms with van der Waals surface area (Å²) in [6.07, 6.45) is 0.454. The summed E-state index contributed by atoms with van der Waals surface area (Å²) in [6.45, 7) is 6.51. The average Bonchev–Trinajstić information content (AvgIpc) is 3.40. The van der Waals surface area contributed by atoms with Crippen LogP contribution in [-0.2, 0) is 20.8 Å². The van der Waals surface area contributed by atoms with Gasteiger partial charge in [-0.25, -0.2) is 4.98 Å². The monoisotopic (exact) mass is 511 g/mol. The molecule has 1 N–H and O–H groups in total. The van der Waals surface area contributed by atoms with Gasteiger partial charge in [0.1, 0.15) is 0 Å². The van der Waals surface area contributed by atoms with Gasteiger partial charge in [0.2, 0.25) is 6.29 Å². The second kappa shape index (κ2) is 12.5. The molecule has 4 aromatic rings. The van der Waals surface area contributed by atoms with Crippen molar-refractivity contribution in [3.05, 3.63) is 102 Å². The first-order chi connectivity index (χ1) is 18.6. The second-order valence-electron chi connectivity index (χ2n) is 10.5. The number of imidazole rings is 1. The molecule has 0 atom stereocenters. The molecule has 2 heterocycles. The van der Waals surface area contributed by atoms with Crippen molar-refractivity contribution in [3.63, 3.8) is 0 Å². The molecule has 5 rings (SSSR count). The van der Waals surface area contributed by atoms with Crippen LogP contribution in [0, 0.1) is 5.41 Å². The van der Waals surface area contributed by atoms with Gasteiger partial charge >= 0.3 is 0 Å². The number of aromatic nitrogens is 2. The van der Waals surface area contributed by atoms with Gasteiger partial charge in [-0.2, -0.15) is 0 Å². The van der Waals surface area contributed by atoms with Gasteiger partial charge < -0.3 is 24.1 Å². The third-order valence-corrected chi connectivity index (χ3v) is 6.80. The topological polar surface area (TPSA) is 59.6 Å². The molecule has 1 aromatic heterocycles. The Morgan fingerprint density at radius 3 is 2.16 bits per heavy atom. The Bertz CT molecular complexity index is 1200. The van der Waals surface area contributed by atoms with Crippen LogP contribution in [0.15, 0.2) is 91.0 Å². The molecule has 1 aliphatic rings. The van der Waals surface area contributed by atoms with Gasteiger partial charge in [-0.3, -0.25) is 0 Å². The lowest BCUT2D eigenvalue weighted by molar-refractivity contribution is -0.242. The van der Waals surface area contributed by atoms with Gasteiger partial charge in [0.05, 0.1) is 31.2 Å². The number of rotatable bonds is 11. The van der Waals surface area contributed by atoms with E-state index in [-0.39, 0.29) is 5.41 Å². The van der Waals surface area contributed by atoms with Gasteiger partial charge in [-0.05, 0) is 19.0 Å². The lowest BCUT2D eigenvalue weighted by Gasteiger charge is -2.36. The van der Waals surface area contributed by atoms with Gasteiger partial charge in [0, 0.05) is 36.2 Å². The van der Waals surface area contributed by atoms with Crippen molar-refractivity contribution in [2.75, 3.05) is 40.0 Å². The van der Waals surface area contributed by atoms with E-state index in [0.29, 0.717) is 25.6 Å². The van der Waals surface area contributed by atoms with Crippen LogP contribution in [0.25, 0.3) is 22.5 Å². The number of aromatic amines is 1. The summed E-state index contributed by atoms with van der Waals surface area (Å²) in [5, 5.41) is 0. The van der Waals surface area contributed by atoms with Crippen LogP contribution >= 0.6 is 0 Å². The highest BCUT2D eigenvalue weighted by Crippen LogP contribution is 2.35. The van der Waals surface area contributed by atoms with Crippen molar-refractivity contribution in [1.82, 2.24) is 14.9 Å². The maximum atomic E-state index is 6.18. The highest BCUT2D eigenvalue weighted by Gasteiger charge is 2.35. The maximum Gasteiger partial charge on any atom is 0.217 e. The van der Waals surface area contributed by atoms with Gasteiger partial charge in [0.15, 0.2) is 5.82 Å². The lowest BCUT2D eigenvalue weighted by Crippen LogP contribution is -2.40. The summed E-state index contributed by atoms with van der Waals surface area (Å²) in [4.78, 5) is 10.7. The van der Waals surface area contributed by atoms with Crippen LogP contribution in [0.3, 0.4) is 0 Å². The molecule has 1 aliphatic heterocycles. The Morgan fingerprint density at radius 1 is 0.895 bits per heavy atom. The summed E-state index contributed by atoms with van der Waals surface area (Å²) < 4.78 is 18.4. The Balaban J connectivity index is 1.13. The molecule has 0 unspecified atom stereocenters. The summed E-state index contributed by atoms with van der Waals surface area (Å²) in [5.74, 6) is 0.687. The smallest absolute Gasteiger partial charge is 0.217 e. The predicted octanol–water partition coefficient (Wildman–Crippen LogP) is 6.33. The van der Waals surface area contributed by atoms with Crippen LogP contribution in [0.5, 0.6) is 0 Å². The minimum atomic E-state index is -0.533. The van der Waals surface area contributed by atoms with Crippen molar-refractivity contribution in [2.45, 2.75) is 26.2 Å². The molecule has 6 nitrogen and oxygen atoms in total. The van der Waals surface area contributed by atoms with Gasteiger partial charge in [-0.15, -0.1) is 0 Å². The third kappa shape index (κ3) is 6.77. The predicted molar refractivity (Wildman–Crippen MR) is 150 cm³/mol. The molecule has 0 bridgehead atoms. The van der Waals surface area contributed by atoms with E-state index in [9.17, 15) is 0 Å². The minimum absolute atomic E-state index is 0.191. The number of nitrogens with zero attached hydrogens (tertiary/aromatic N) is 2. The zero-order valence-electron chi connectivity index (χ0n) is 22.3. The number of ether oxygens (including phenoxy) is 3. The van der Waals surface area contributed by atoms with E-state index in [1.807, 2.05) is 36.4 Å². The molecule has 0 radical (unpaired) electrons. The zero-order valence-corrected chi connectivity index (χ0v) is 22.3. The molecule has 1 fully saturated rings. The Kier molecular flexibility index (Phi) is 8.66. The highest BCUT2D eigenvalue weighted by molar-refractivity contribution is 5.78. The lowest BCUT2D eigenvalue weighted by atomic mass is 9.93. The first-order valence-electron chi connectivity index (χ1n) is 13.3. The Morgan fingerprint density at radius 2 is 1.50 bits per heavy atom. The summed E-state index contributed by atoms with van der Waals surface area (Å²) in [7, 11) is 2.15. The van der Waals surface area contributed by atoms with Crippen molar-refractivity contribution in [1.29, 1.82) is 0 Å². The minimum Gasteiger partial charge on any atom is -0.381 e. The number of benzene rings is 3. The molecule has 3 aromatic carbocycles. The molecule has 1 saturated heterocycles. The fraction of sp³-hybridized carbons (Fsp3) is 0.344. The number of H-pyrrole nitrogens is 1. The van der Waals surface area contributed by atoms with E-state index in [1.165, 1.54) is 5.56 Å². The quantitative estimate of drug-likeness (QED) is 0.238. The van der Waals surface area contributed by atoms with Gasteiger partial charge in [0.25, 0.3) is 0 Å². The van der Waals surface area contributed by atoms with Crippen molar-refractivity contribution in [2.24, 2.45) is 5.41 Å². The zero-order chi connectivity index (χ0) is 26.2. The summed E-state index contributed by atoms with van der Waals surface area (Å²) >= 11 is 0. The second-order valence-corrected chi connectivity index (χ2v) is 10.5. The van der Waals surface area contributed by atoms with Gasteiger partial charge in [-0.1, -0.05) is 97.9 Å². The SMILES string of the molecule is CN(CCCOCC1(C)COC(c2nc(-c3ccccc3)c(-c3ccccc3)[nH]2)OC1)Cc1ccccc1. The largest absolute Gasteiger partial charge is 0.381 e. The van der Waals surface area contributed by atoms with Crippen LogP contribution in [0.2, 0.25) is 0 Å². The molecule has 0 saturated carbocycles. The molecule has 0 spiro atoms. The normalized spacial score (nSPS) is 19.6. The maximum absolute atomic E-state index is 6.18. The van der Waals surface area contributed by atoms with Crippen molar-refractivity contribution in [3.8, 4) is 22.5 Å². The molecule has 0 amide bonds. The number of hydrogen-bond acceptors (Lipinski definition) is 5. The molecule has 6 heteroatoms. The molecular formula is C32H37N3O3. The third-order valence-electron chi connectivity index (χ3n) is 6.80. The van der Waals surface area contributed by atoms with Crippen molar-refractivity contribution < 1.29 is 14.2 Å². The number of hydrogen-bond donors (Lipinski definition) is 1. The number of nitrogens with one attached hydrogen (secondary N) is 1. The molecule has 198 valence electrons. The Labute approximate surface area is 225 Å². The fourth-order valence-corrected chi connectivity index (χ4v) is 4.74. The van der Waals surface area contributed by atoms with E-state index in [0.717, 1.165) is 48.6 Å². The van der Waals surface area contributed by atoms with Crippen molar-refractivity contribution >= 4 is 0 Å². The fourth-order valence-electron chi connectivity index (χ4n) is 4.74. The average molecular weight is 512 g/mol. The van der Waals surface area contributed by atoms with Crippen LogP contribution in [0.1, 0.15) is 31.0 Å². The summed E-state index contributed by atoms with van der Waals surface area (Å²) in [6, 6.07) is 31.0. The van der Waals surface area contributed by atoms with E-state index in [2.05, 4.69) is 78.5 Å². The molecule has 0 aliphatic carbocycles. The highest BCUT2D eigenvalue weighted by atomic mass is 16.7. The molecular weight excluding hydrogens is 474 g/mol. The van der Waals surface area contributed by atoms with Crippen LogP contribution in [-0.4, -0.2) is 54.9 Å². The first kappa shape index (κ1) is 26.3. The first-order valence-corrected chi connectivity index (χ1v) is 13.3. The van der Waals surface area contributed by atoms with E-state index in [1.54, 1.807) is 0 Å². The molecule has 38 heavy (non-hydrogen) atoms. The van der Waals surface area contributed by atoms with E-state index in [4.69, 9.17) is 19.2 Å². The van der Waals surface area contributed by atoms with Crippen LogP contribution < -0.4 is 0 Å². The van der Waals surface area contributed by atoms with E-state index >= 15 is 0 Å². The van der Waals surface area contributed by atoms with E-state index < -0.39 is 6.29 Å². The summed E-state index contributed by atoms with van der Waals surface area (Å²) in [5.41, 5.74) is 5.13. The Hall–Kier alpha value is -3.29. The van der Waals surface area contributed by atoms with Crippen LogP contribution in [0.4, 0.5) is 0 Å². The standard InChI is InChI=1S/C32H37N3O3/c1-32(22-36-20-12-19-35(2)21-25-13-6-3-7-14-25)23-37-31(38-24-32)30-33-28(26-15-8-4-9-16-26)29(34-30)27-17-10-5-11-18-27/h3-11,13-18,31H,12,19-24H2,1-2H3,(H,33,34).